The van der Waals surface area contributed by atoms with Crippen LogP contribution in [-0.4, -0.2) is 47.0 Å². The van der Waals surface area contributed by atoms with Gasteiger partial charge in [0.25, 0.3) is 5.91 Å². The molecule has 2 saturated heterocycles. The number of nitrogens with zero attached hydrogens (tertiary/aromatic N) is 3. The maximum absolute atomic E-state index is 12.7. The zero-order valence-corrected chi connectivity index (χ0v) is 16.8. The largest absolute Gasteiger partial charge is 0.337 e. The summed E-state index contributed by atoms with van der Waals surface area (Å²) < 4.78 is 0. The van der Waals surface area contributed by atoms with E-state index in [2.05, 4.69) is 20.6 Å². The van der Waals surface area contributed by atoms with Gasteiger partial charge >= 0.3 is 0 Å². The van der Waals surface area contributed by atoms with Crippen LogP contribution in [-0.2, 0) is 0 Å². The van der Waals surface area contributed by atoms with Gasteiger partial charge in [-0.15, -0.1) is 36.2 Å². The van der Waals surface area contributed by atoms with Gasteiger partial charge in [0.05, 0.1) is 0 Å². The third kappa shape index (κ3) is 4.46. The molecule has 0 radical (unpaired) electrons. The lowest BCUT2D eigenvalue weighted by atomic mass is 9.78. The van der Waals surface area contributed by atoms with Crippen LogP contribution in [0.2, 0.25) is 0 Å². The summed E-state index contributed by atoms with van der Waals surface area (Å²) in [5.41, 5.74) is 0.948. The molecular weight excluding hydrogens is 393 g/mol. The van der Waals surface area contributed by atoms with Crippen molar-refractivity contribution in [1.29, 1.82) is 0 Å². The Morgan fingerprint density at radius 2 is 2.04 bits per heavy atom. The van der Waals surface area contributed by atoms with Crippen molar-refractivity contribution in [2.45, 2.75) is 19.3 Å². The summed E-state index contributed by atoms with van der Waals surface area (Å²) in [7, 11) is 0. The molecule has 0 saturated carbocycles. The number of rotatable bonds is 3. The summed E-state index contributed by atoms with van der Waals surface area (Å²) in [6, 6.07) is 5.66. The molecule has 4 heterocycles. The molecule has 0 bridgehead atoms. The molecule has 142 valence electrons. The number of halogens is 2. The normalized spacial score (nSPS) is 18.1. The van der Waals surface area contributed by atoms with Gasteiger partial charge in [-0.25, -0.2) is 9.97 Å². The van der Waals surface area contributed by atoms with E-state index in [1.165, 1.54) is 17.8 Å². The number of pyridine rings is 1. The molecular formula is C17H23Cl2N5OS. The van der Waals surface area contributed by atoms with Crippen LogP contribution < -0.4 is 10.6 Å². The van der Waals surface area contributed by atoms with Gasteiger partial charge in [-0.2, -0.15) is 0 Å². The minimum atomic E-state index is 0. The second kappa shape index (κ2) is 8.99. The first-order valence-electron chi connectivity index (χ1n) is 8.38. The highest BCUT2D eigenvalue weighted by Crippen LogP contribution is 2.37. The Kier molecular flexibility index (Phi) is 7.23. The quantitative estimate of drug-likeness (QED) is 0.803. The Labute approximate surface area is 169 Å². The summed E-state index contributed by atoms with van der Waals surface area (Å²) >= 11 is 1.44. The molecule has 6 nitrogen and oxygen atoms in total. The summed E-state index contributed by atoms with van der Waals surface area (Å²) in [5, 5.41) is 9.12. The number of nitrogens with one attached hydrogen (secondary N) is 2. The lowest BCUT2D eigenvalue weighted by Crippen LogP contribution is -2.44. The van der Waals surface area contributed by atoms with Gasteiger partial charge in [0, 0.05) is 31.2 Å². The lowest BCUT2D eigenvalue weighted by Gasteiger charge is -2.38. The van der Waals surface area contributed by atoms with Gasteiger partial charge in [-0.3, -0.25) is 4.79 Å². The van der Waals surface area contributed by atoms with Crippen LogP contribution >= 0.6 is 36.2 Å². The van der Waals surface area contributed by atoms with Crippen LogP contribution in [0, 0.1) is 5.41 Å². The first-order valence-corrected chi connectivity index (χ1v) is 9.26. The second-order valence-electron chi connectivity index (χ2n) is 6.60. The Morgan fingerprint density at radius 1 is 1.23 bits per heavy atom. The number of carbonyl (C=O) groups is 1. The maximum Gasteiger partial charge on any atom is 0.273 e. The summed E-state index contributed by atoms with van der Waals surface area (Å²) in [6.07, 6.45) is 5.15. The van der Waals surface area contributed by atoms with Crippen molar-refractivity contribution in [3.8, 4) is 0 Å². The highest BCUT2D eigenvalue weighted by atomic mass is 35.5. The highest BCUT2D eigenvalue weighted by Gasteiger charge is 2.38. The molecule has 4 rings (SSSR count). The van der Waals surface area contributed by atoms with Crippen molar-refractivity contribution >= 4 is 53.0 Å². The van der Waals surface area contributed by atoms with Crippen molar-refractivity contribution in [2.75, 3.05) is 31.5 Å². The number of anilines is 2. The Hall–Kier alpha value is -1.41. The van der Waals surface area contributed by atoms with Crippen LogP contribution in [0.3, 0.4) is 0 Å². The van der Waals surface area contributed by atoms with E-state index in [0.717, 1.165) is 44.8 Å². The zero-order chi connectivity index (χ0) is 16.4. The fraction of sp³-hybridized carbons (Fsp3) is 0.471. The third-order valence-corrected chi connectivity index (χ3v) is 5.82. The first-order chi connectivity index (χ1) is 11.7. The molecule has 1 amide bonds. The topological polar surface area (TPSA) is 70.2 Å². The van der Waals surface area contributed by atoms with Gasteiger partial charge in [-0.05, 0) is 43.4 Å². The molecule has 0 aromatic carbocycles. The number of piperidine rings is 1. The number of aromatic nitrogens is 2. The van der Waals surface area contributed by atoms with E-state index in [-0.39, 0.29) is 30.7 Å². The van der Waals surface area contributed by atoms with Crippen molar-refractivity contribution in [2.24, 2.45) is 5.41 Å². The molecule has 26 heavy (non-hydrogen) atoms. The van der Waals surface area contributed by atoms with Crippen LogP contribution in [0.25, 0.3) is 0 Å². The van der Waals surface area contributed by atoms with Crippen LogP contribution in [0.5, 0.6) is 0 Å². The predicted molar refractivity (Wildman–Crippen MR) is 109 cm³/mol. The highest BCUT2D eigenvalue weighted by molar-refractivity contribution is 7.14. The van der Waals surface area contributed by atoms with Crippen LogP contribution in [0.1, 0.15) is 29.8 Å². The molecule has 0 atom stereocenters. The average molecular weight is 416 g/mol. The molecule has 1 spiro atoms. The van der Waals surface area contributed by atoms with Gasteiger partial charge < -0.3 is 15.5 Å². The lowest BCUT2D eigenvalue weighted by molar-refractivity contribution is 0.0603. The van der Waals surface area contributed by atoms with E-state index in [9.17, 15) is 4.79 Å². The molecule has 2 N–H and O–H groups in total. The fourth-order valence-electron chi connectivity index (χ4n) is 3.54. The number of hydrogen-bond acceptors (Lipinski definition) is 6. The standard InChI is InChI=1S/C17H21N5OS.2ClH/c23-15(22-9-5-17(6-10-22)4-8-18-12-17)13-11-24-16(20-13)21-14-3-1-2-7-19-14;;/h1-3,7,11,18H,4-6,8-10,12H2,(H,19,20,21);2*1H. The number of likely N-dealkylation sites (tertiary alicyclic amines) is 1. The van der Waals surface area contributed by atoms with Gasteiger partial charge in [0.15, 0.2) is 5.13 Å². The van der Waals surface area contributed by atoms with Crippen molar-refractivity contribution in [1.82, 2.24) is 20.2 Å². The summed E-state index contributed by atoms with van der Waals surface area (Å²) in [6.45, 7) is 3.88. The fourth-order valence-corrected chi connectivity index (χ4v) is 4.24. The van der Waals surface area contributed by atoms with Gasteiger partial charge in [0.2, 0.25) is 0 Å². The second-order valence-corrected chi connectivity index (χ2v) is 7.45. The minimum Gasteiger partial charge on any atom is -0.337 e. The van der Waals surface area contributed by atoms with Gasteiger partial charge in [-0.1, -0.05) is 6.07 Å². The zero-order valence-electron chi connectivity index (χ0n) is 14.3. The molecule has 0 unspecified atom stereocenters. The van der Waals surface area contributed by atoms with Crippen LogP contribution in [0.4, 0.5) is 10.9 Å². The van der Waals surface area contributed by atoms with E-state index < -0.39 is 0 Å². The number of hydrogen-bond donors (Lipinski definition) is 2. The molecule has 2 aromatic rings. The van der Waals surface area contributed by atoms with Crippen molar-refractivity contribution in [3.63, 3.8) is 0 Å². The van der Waals surface area contributed by atoms with Crippen LogP contribution in [0.15, 0.2) is 29.8 Å². The monoisotopic (exact) mass is 415 g/mol. The number of thiazole rings is 1. The van der Waals surface area contributed by atoms with Crippen molar-refractivity contribution < 1.29 is 4.79 Å². The van der Waals surface area contributed by atoms with Crippen molar-refractivity contribution in [3.05, 3.63) is 35.5 Å². The summed E-state index contributed by atoms with van der Waals surface area (Å²) in [5.74, 6) is 0.778. The van der Waals surface area contributed by atoms with E-state index in [0.29, 0.717) is 16.2 Å². The maximum atomic E-state index is 12.7. The first kappa shape index (κ1) is 20.9. The third-order valence-electron chi connectivity index (χ3n) is 5.07. The Balaban J connectivity index is 0.00000121. The van der Waals surface area contributed by atoms with Gasteiger partial charge in [0.1, 0.15) is 11.5 Å². The Bertz CT molecular complexity index is 711. The predicted octanol–water partition coefficient (Wildman–Crippen LogP) is 3.34. The SMILES string of the molecule is Cl.Cl.O=C(c1csc(Nc2ccccn2)n1)N1CCC2(CCNC2)CC1. The van der Waals surface area contributed by atoms with E-state index in [1.54, 1.807) is 6.20 Å². The smallest absolute Gasteiger partial charge is 0.273 e. The Morgan fingerprint density at radius 3 is 2.69 bits per heavy atom. The minimum absolute atomic E-state index is 0. The van der Waals surface area contributed by atoms with E-state index in [1.807, 2.05) is 28.5 Å². The molecule has 9 heteroatoms. The molecule has 2 fully saturated rings. The number of carbonyl (C=O) groups excluding carboxylic acids is 1. The molecule has 2 aliphatic rings. The molecule has 2 aromatic heterocycles. The molecule has 0 aliphatic carbocycles. The molecule has 2 aliphatic heterocycles. The summed E-state index contributed by atoms with van der Waals surface area (Å²) in [4.78, 5) is 23.3. The van der Waals surface area contributed by atoms with E-state index >= 15 is 0 Å². The number of amides is 1. The average Bonchev–Trinajstić information content (AvgIpc) is 3.26. The van der Waals surface area contributed by atoms with E-state index in [4.69, 9.17) is 0 Å².